The number of anilines is 1. The van der Waals surface area contributed by atoms with Crippen molar-refractivity contribution in [2.75, 3.05) is 12.4 Å². The lowest BCUT2D eigenvalue weighted by molar-refractivity contribution is -0.384. The normalized spacial score (nSPS) is 10.5. The number of nitro benzene ring substituents is 1. The summed E-state index contributed by atoms with van der Waals surface area (Å²) >= 11 is 7.24. The lowest BCUT2D eigenvalue weighted by Gasteiger charge is -2.03. The van der Waals surface area contributed by atoms with Gasteiger partial charge in [0.25, 0.3) is 11.6 Å². The second-order valence-corrected chi connectivity index (χ2v) is 7.19. The van der Waals surface area contributed by atoms with Gasteiger partial charge in [0.1, 0.15) is 10.8 Å². The van der Waals surface area contributed by atoms with Gasteiger partial charge in [-0.25, -0.2) is 0 Å². The number of aryl methyl sites for hydroxylation is 2. The van der Waals surface area contributed by atoms with E-state index in [2.05, 4.69) is 15.5 Å². The summed E-state index contributed by atoms with van der Waals surface area (Å²) in [5.74, 6) is 0.298. The predicted octanol–water partition coefficient (Wildman–Crippen LogP) is 4.15. The van der Waals surface area contributed by atoms with E-state index in [4.69, 9.17) is 16.3 Å². The fraction of sp³-hybridized carbons (Fsp3) is 0.167. The summed E-state index contributed by atoms with van der Waals surface area (Å²) in [7, 11) is 1.62. The maximum atomic E-state index is 12.3. The molecule has 0 atom stereocenters. The SMILES string of the molecule is COc1ccc(CCc2nnc(NC(=O)c3ccc([N+](=O)[O-])cc3Cl)s2)cc1. The van der Waals surface area contributed by atoms with Crippen molar-refractivity contribution >= 4 is 39.7 Å². The molecule has 8 nitrogen and oxygen atoms in total. The van der Waals surface area contributed by atoms with Crippen LogP contribution in [0.4, 0.5) is 10.8 Å². The molecule has 10 heteroatoms. The highest BCUT2D eigenvalue weighted by atomic mass is 35.5. The fourth-order valence-electron chi connectivity index (χ4n) is 2.41. The van der Waals surface area contributed by atoms with Crippen LogP contribution in [0.5, 0.6) is 5.75 Å². The number of ether oxygens (including phenoxy) is 1. The van der Waals surface area contributed by atoms with Gasteiger partial charge in [0.05, 0.1) is 22.6 Å². The Morgan fingerprint density at radius 2 is 1.96 bits per heavy atom. The van der Waals surface area contributed by atoms with E-state index in [0.717, 1.165) is 28.8 Å². The molecule has 1 heterocycles. The zero-order chi connectivity index (χ0) is 20.1. The number of carbonyl (C=O) groups excluding carboxylic acids is 1. The molecule has 0 aliphatic carbocycles. The van der Waals surface area contributed by atoms with Gasteiger partial charge in [-0.15, -0.1) is 10.2 Å². The topological polar surface area (TPSA) is 107 Å². The molecule has 28 heavy (non-hydrogen) atoms. The lowest BCUT2D eigenvalue weighted by atomic mass is 10.1. The van der Waals surface area contributed by atoms with Gasteiger partial charge in [0.15, 0.2) is 0 Å². The zero-order valence-electron chi connectivity index (χ0n) is 14.7. The largest absolute Gasteiger partial charge is 0.497 e. The Balaban J connectivity index is 1.60. The summed E-state index contributed by atoms with van der Waals surface area (Å²) in [6.45, 7) is 0. The monoisotopic (exact) mass is 418 g/mol. The van der Waals surface area contributed by atoms with E-state index in [9.17, 15) is 14.9 Å². The molecule has 1 amide bonds. The smallest absolute Gasteiger partial charge is 0.270 e. The number of benzene rings is 2. The van der Waals surface area contributed by atoms with Crippen LogP contribution < -0.4 is 10.1 Å². The summed E-state index contributed by atoms with van der Waals surface area (Å²) in [6, 6.07) is 11.4. The van der Waals surface area contributed by atoms with Gasteiger partial charge in [-0.2, -0.15) is 0 Å². The highest BCUT2D eigenvalue weighted by Crippen LogP contribution is 2.24. The molecular formula is C18H15ClN4O4S. The first-order chi connectivity index (χ1) is 13.5. The minimum atomic E-state index is -0.576. The third-order valence-corrected chi connectivity index (χ3v) is 5.09. The molecule has 0 bridgehead atoms. The van der Waals surface area contributed by atoms with Gasteiger partial charge in [-0.05, 0) is 30.2 Å². The average Bonchev–Trinajstić information content (AvgIpc) is 3.13. The molecular weight excluding hydrogens is 404 g/mol. The van der Waals surface area contributed by atoms with Crippen molar-refractivity contribution in [2.45, 2.75) is 12.8 Å². The third kappa shape index (κ3) is 4.81. The van der Waals surface area contributed by atoms with Crippen LogP contribution in [0.3, 0.4) is 0 Å². The number of rotatable bonds is 7. The standard InChI is InChI=1S/C18H15ClN4O4S/c1-27-13-6-2-11(3-7-13)4-9-16-21-22-18(28-16)20-17(24)14-8-5-12(23(25)26)10-15(14)19/h2-3,5-8,10H,4,9H2,1H3,(H,20,22,24). The summed E-state index contributed by atoms with van der Waals surface area (Å²) in [6.07, 6.45) is 1.46. The van der Waals surface area contributed by atoms with E-state index in [1.54, 1.807) is 7.11 Å². The van der Waals surface area contributed by atoms with E-state index >= 15 is 0 Å². The van der Waals surface area contributed by atoms with Crippen LogP contribution in [0.25, 0.3) is 0 Å². The fourth-order valence-corrected chi connectivity index (χ4v) is 3.41. The highest BCUT2D eigenvalue weighted by molar-refractivity contribution is 7.15. The predicted molar refractivity (Wildman–Crippen MR) is 106 cm³/mol. The minimum Gasteiger partial charge on any atom is -0.497 e. The van der Waals surface area contributed by atoms with Gasteiger partial charge in [0, 0.05) is 18.6 Å². The summed E-state index contributed by atoms with van der Waals surface area (Å²) < 4.78 is 5.13. The number of nitrogens with zero attached hydrogens (tertiary/aromatic N) is 3. The number of aromatic nitrogens is 2. The second-order valence-electron chi connectivity index (χ2n) is 5.72. The molecule has 0 radical (unpaired) electrons. The number of methoxy groups -OCH3 is 1. The maximum Gasteiger partial charge on any atom is 0.270 e. The summed E-state index contributed by atoms with van der Waals surface area (Å²) in [5.41, 5.74) is 1.08. The first-order valence-electron chi connectivity index (χ1n) is 8.17. The minimum absolute atomic E-state index is 0.00376. The number of carbonyl (C=O) groups is 1. The molecule has 0 saturated carbocycles. The quantitative estimate of drug-likeness (QED) is 0.456. The van der Waals surface area contributed by atoms with Gasteiger partial charge in [-0.1, -0.05) is 35.1 Å². The van der Waals surface area contributed by atoms with E-state index in [1.165, 1.54) is 23.5 Å². The number of hydrogen-bond donors (Lipinski definition) is 1. The number of nitrogens with one attached hydrogen (secondary N) is 1. The van der Waals surface area contributed by atoms with Crippen molar-refractivity contribution in [3.63, 3.8) is 0 Å². The number of nitro groups is 1. The van der Waals surface area contributed by atoms with Gasteiger partial charge in [-0.3, -0.25) is 20.2 Å². The van der Waals surface area contributed by atoms with E-state index in [-0.39, 0.29) is 16.3 Å². The Morgan fingerprint density at radius 1 is 1.21 bits per heavy atom. The van der Waals surface area contributed by atoms with Crippen LogP contribution >= 0.6 is 22.9 Å². The maximum absolute atomic E-state index is 12.3. The molecule has 0 spiro atoms. The van der Waals surface area contributed by atoms with Crippen LogP contribution in [-0.2, 0) is 12.8 Å². The lowest BCUT2D eigenvalue weighted by Crippen LogP contribution is -2.12. The molecule has 0 aliphatic rings. The zero-order valence-corrected chi connectivity index (χ0v) is 16.3. The van der Waals surface area contributed by atoms with Crippen molar-refractivity contribution in [2.24, 2.45) is 0 Å². The molecule has 0 unspecified atom stereocenters. The Kier molecular flexibility index (Phi) is 6.17. The second kappa shape index (κ2) is 8.77. The molecule has 0 aliphatic heterocycles. The van der Waals surface area contributed by atoms with Crippen molar-refractivity contribution in [1.29, 1.82) is 0 Å². The van der Waals surface area contributed by atoms with E-state index in [1.807, 2.05) is 24.3 Å². The molecule has 3 rings (SSSR count). The Hall–Kier alpha value is -3.04. The molecule has 0 fully saturated rings. The molecule has 144 valence electrons. The molecule has 0 saturated heterocycles. The van der Waals surface area contributed by atoms with Crippen LogP contribution in [-0.4, -0.2) is 28.1 Å². The van der Waals surface area contributed by atoms with E-state index < -0.39 is 10.8 Å². The molecule has 2 aromatic carbocycles. The van der Waals surface area contributed by atoms with Crippen molar-refractivity contribution in [3.8, 4) is 5.75 Å². The van der Waals surface area contributed by atoms with Crippen molar-refractivity contribution < 1.29 is 14.5 Å². The Labute approximate surface area is 169 Å². The highest BCUT2D eigenvalue weighted by Gasteiger charge is 2.16. The van der Waals surface area contributed by atoms with Crippen LogP contribution in [0, 0.1) is 10.1 Å². The summed E-state index contributed by atoms with van der Waals surface area (Å²) in [5, 5.41) is 22.5. The Bertz CT molecular complexity index is 1010. The Morgan fingerprint density at radius 3 is 2.61 bits per heavy atom. The molecule has 3 aromatic rings. The molecule has 1 aromatic heterocycles. The van der Waals surface area contributed by atoms with Crippen molar-refractivity contribution in [1.82, 2.24) is 10.2 Å². The van der Waals surface area contributed by atoms with Crippen molar-refractivity contribution in [3.05, 3.63) is 73.7 Å². The number of amides is 1. The summed E-state index contributed by atoms with van der Waals surface area (Å²) in [4.78, 5) is 22.5. The van der Waals surface area contributed by atoms with Crippen LogP contribution in [0.2, 0.25) is 5.02 Å². The first kappa shape index (κ1) is 19.7. The van der Waals surface area contributed by atoms with E-state index in [0.29, 0.717) is 11.6 Å². The number of hydrogen-bond acceptors (Lipinski definition) is 7. The number of non-ortho nitro benzene ring substituents is 1. The van der Waals surface area contributed by atoms with Gasteiger partial charge in [0.2, 0.25) is 5.13 Å². The van der Waals surface area contributed by atoms with Crippen LogP contribution in [0.15, 0.2) is 42.5 Å². The number of halogens is 1. The molecule has 1 N–H and O–H groups in total. The van der Waals surface area contributed by atoms with Gasteiger partial charge < -0.3 is 4.74 Å². The average molecular weight is 419 g/mol. The first-order valence-corrected chi connectivity index (χ1v) is 9.36. The third-order valence-electron chi connectivity index (χ3n) is 3.88. The van der Waals surface area contributed by atoms with Gasteiger partial charge >= 0.3 is 0 Å². The van der Waals surface area contributed by atoms with Crippen LogP contribution in [0.1, 0.15) is 20.9 Å².